The first-order valence-corrected chi connectivity index (χ1v) is 6.39. The Bertz CT molecular complexity index is 573. The van der Waals surface area contributed by atoms with E-state index in [1.165, 1.54) is 0 Å². The van der Waals surface area contributed by atoms with E-state index in [-0.39, 0.29) is 17.6 Å². The molecule has 1 atom stereocenters. The molecule has 0 saturated heterocycles. The lowest BCUT2D eigenvalue weighted by Gasteiger charge is -2.16. The summed E-state index contributed by atoms with van der Waals surface area (Å²) < 4.78 is 3.48. The highest BCUT2D eigenvalue weighted by Gasteiger charge is 2.10. The van der Waals surface area contributed by atoms with Crippen LogP contribution < -0.4 is 10.9 Å². The summed E-state index contributed by atoms with van der Waals surface area (Å²) in [5.41, 5.74) is -0.0928. The first-order valence-electron chi connectivity index (χ1n) is 6.39. The maximum atomic E-state index is 12.2. The number of rotatable bonds is 5. The van der Waals surface area contributed by atoms with E-state index >= 15 is 0 Å². The fourth-order valence-electron chi connectivity index (χ4n) is 1.90. The van der Waals surface area contributed by atoms with Crippen molar-refractivity contribution in [3.8, 4) is 0 Å². The van der Waals surface area contributed by atoms with Gasteiger partial charge in [0, 0.05) is 36.9 Å². The number of nitrogens with zero attached hydrogens (tertiary/aromatic N) is 4. The number of nitrogens with one attached hydrogen (secondary N) is 1. The average Bonchev–Trinajstić information content (AvgIpc) is 2.84. The first-order chi connectivity index (χ1) is 9.08. The third-order valence-corrected chi connectivity index (χ3v) is 2.83. The monoisotopic (exact) mass is 261 g/mol. The van der Waals surface area contributed by atoms with Gasteiger partial charge in [-0.2, -0.15) is 5.10 Å². The molecule has 0 radical (unpaired) electrons. The number of aromatic nitrogens is 4. The summed E-state index contributed by atoms with van der Waals surface area (Å²) in [6.07, 6.45) is 6.98. The summed E-state index contributed by atoms with van der Waals surface area (Å²) in [6, 6.07) is 2.07. The molecule has 102 valence electrons. The van der Waals surface area contributed by atoms with E-state index in [0.717, 1.165) is 0 Å². The normalized spacial score (nSPS) is 12.6. The predicted octanol–water partition coefficient (Wildman–Crippen LogP) is 1.52. The van der Waals surface area contributed by atoms with E-state index in [1.54, 1.807) is 23.2 Å². The maximum Gasteiger partial charge on any atom is 0.293 e. The van der Waals surface area contributed by atoms with Crippen molar-refractivity contribution in [3.63, 3.8) is 0 Å². The largest absolute Gasteiger partial charge is 0.361 e. The minimum absolute atomic E-state index is 0.0723. The molecule has 0 aliphatic heterocycles. The second kappa shape index (κ2) is 5.69. The van der Waals surface area contributed by atoms with Gasteiger partial charge in [0.1, 0.15) is 0 Å². The van der Waals surface area contributed by atoms with Gasteiger partial charge in [-0.15, -0.1) is 0 Å². The van der Waals surface area contributed by atoms with Crippen LogP contribution in [0.25, 0.3) is 0 Å². The summed E-state index contributed by atoms with van der Waals surface area (Å²) >= 11 is 0. The van der Waals surface area contributed by atoms with Gasteiger partial charge in [-0.05, 0) is 26.8 Å². The van der Waals surface area contributed by atoms with E-state index in [1.807, 2.05) is 37.7 Å². The third kappa shape index (κ3) is 3.21. The Labute approximate surface area is 112 Å². The molecule has 0 spiro atoms. The smallest absolute Gasteiger partial charge is 0.293 e. The number of anilines is 1. The van der Waals surface area contributed by atoms with Crippen LogP contribution in [0.15, 0.2) is 35.6 Å². The van der Waals surface area contributed by atoms with Crippen LogP contribution in [-0.2, 0) is 6.54 Å². The van der Waals surface area contributed by atoms with Crippen molar-refractivity contribution in [1.29, 1.82) is 0 Å². The Morgan fingerprint density at radius 3 is 2.68 bits per heavy atom. The molecule has 2 heterocycles. The van der Waals surface area contributed by atoms with Crippen molar-refractivity contribution in [2.75, 3.05) is 5.32 Å². The Hall–Kier alpha value is -2.11. The topological polar surface area (TPSA) is 64.7 Å². The molecule has 0 aromatic carbocycles. The van der Waals surface area contributed by atoms with Crippen molar-refractivity contribution in [3.05, 3.63) is 41.2 Å². The summed E-state index contributed by atoms with van der Waals surface area (Å²) in [4.78, 5) is 16.3. The van der Waals surface area contributed by atoms with Gasteiger partial charge in [-0.25, -0.2) is 4.98 Å². The Morgan fingerprint density at radius 1 is 1.26 bits per heavy atom. The van der Waals surface area contributed by atoms with E-state index < -0.39 is 0 Å². The molecule has 0 saturated carbocycles. The molecular formula is C13H19N5O. The minimum Gasteiger partial charge on any atom is -0.361 e. The van der Waals surface area contributed by atoms with Crippen molar-refractivity contribution in [2.45, 2.75) is 39.4 Å². The van der Waals surface area contributed by atoms with Gasteiger partial charge in [0.2, 0.25) is 0 Å². The zero-order valence-electron chi connectivity index (χ0n) is 11.4. The quantitative estimate of drug-likeness (QED) is 0.886. The molecule has 19 heavy (non-hydrogen) atoms. The summed E-state index contributed by atoms with van der Waals surface area (Å²) in [7, 11) is 0. The molecular weight excluding hydrogens is 242 g/mol. The van der Waals surface area contributed by atoms with Crippen molar-refractivity contribution < 1.29 is 0 Å². The second-order valence-corrected chi connectivity index (χ2v) is 4.86. The first kappa shape index (κ1) is 13.3. The predicted molar refractivity (Wildman–Crippen MR) is 74.2 cm³/mol. The number of hydrogen-bond donors (Lipinski definition) is 1. The van der Waals surface area contributed by atoms with Crippen molar-refractivity contribution >= 4 is 5.82 Å². The molecule has 0 amide bonds. The molecule has 0 aliphatic rings. The van der Waals surface area contributed by atoms with E-state index in [2.05, 4.69) is 15.4 Å². The molecule has 2 aromatic heterocycles. The Kier molecular flexibility index (Phi) is 3.99. The van der Waals surface area contributed by atoms with Crippen LogP contribution in [0.2, 0.25) is 0 Å². The van der Waals surface area contributed by atoms with E-state index in [4.69, 9.17) is 0 Å². The van der Waals surface area contributed by atoms with Gasteiger partial charge < -0.3 is 9.88 Å². The minimum atomic E-state index is -0.0928. The van der Waals surface area contributed by atoms with Crippen molar-refractivity contribution in [1.82, 2.24) is 19.3 Å². The van der Waals surface area contributed by atoms with Gasteiger partial charge in [0.15, 0.2) is 5.82 Å². The highest BCUT2D eigenvalue weighted by molar-refractivity contribution is 5.32. The SMILES string of the molecule is CC(Cn1cccn1)Nc1nccn(C(C)C)c1=O. The lowest BCUT2D eigenvalue weighted by Crippen LogP contribution is -2.30. The van der Waals surface area contributed by atoms with Crippen LogP contribution in [0.4, 0.5) is 5.82 Å². The van der Waals surface area contributed by atoms with Gasteiger partial charge in [-0.1, -0.05) is 0 Å². The lowest BCUT2D eigenvalue weighted by atomic mass is 10.3. The zero-order chi connectivity index (χ0) is 13.8. The van der Waals surface area contributed by atoms with Crippen LogP contribution in [0.3, 0.4) is 0 Å². The van der Waals surface area contributed by atoms with Crippen LogP contribution in [0.1, 0.15) is 26.8 Å². The van der Waals surface area contributed by atoms with Crippen LogP contribution in [0, 0.1) is 0 Å². The number of hydrogen-bond acceptors (Lipinski definition) is 4. The molecule has 2 aromatic rings. The fraction of sp³-hybridized carbons (Fsp3) is 0.462. The van der Waals surface area contributed by atoms with Crippen LogP contribution in [0.5, 0.6) is 0 Å². The zero-order valence-corrected chi connectivity index (χ0v) is 11.4. The second-order valence-electron chi connectivity index (χ2n) is 4.86. The molecule has 0 bridgehead atoms. The molecule has 0 fully saturated rings. The van der Waals surface area contributed by atoms with Gasteiger partial charge in [0.25, 0.3) is 5.56 Å². The molecule has 6 heteroatoms. The average molecular weight is 261 g/mol. The standard InChI is InChI=1S/C13H19N5O/c1-10(2)18-8-6-14-12(13(18)19)16-11(3)9-17-7-4-5-15-17/h4-8,10-11H,9H2,1-3H3,(H,14,16). The Balaban J connectivity index is 2.11. The van der Waals surface area contributed by atoms with Gasteiger partial charge in [0.05, 0.1) is 6.54 Å². The van der Waals surface area contributed by atoms with E-state index in [0.29, 0.717) is 12.4 Å². The highest BCUT2D eigenvalue weighted by atomic mass is 16.1. The van der Waals surface area contributed by atoms with E-state index in [9.17, 15) is 4.79 Å². The molecule has 1 unspecified atom stereocenters. The highest BCUT2D eigenvalue weighted by Crippen LogP contribution is 2.03. The van der Waals surface area contributed by atoms with Gasteiger partial charge in [-0.3, -0.25) is 9.48 Å². The Morgan fingerprint density at radius 2 is 2.05 bits per heavy atom. The fourth-order valence-corrected chi connectivity index (χ4v) is 1.90. The summed E-state index contributed by atoms with van der Waals surface area (Å²) in [5, 5.41) is 7.28. The molecule has 1 N–H and O–H groups in total. The lowest BCUT2D eigenvalue weighted by molar-refractivity contribution is 0.551. The van der Waals surface area contributed by atoms with Crippen LogP contribution >= 0.6 is 0 Å². The van der Waals surface area contributed by atoms with Crippen molar-refractivity contribution in [2.24, 2.45) is 0 Å². The van der Waals surface area contributed by atoms with Crippen LogP contribution in [-0.4, -0.2) is 25.4 Å². The third-order valence-electron chi connectivity index (χ3n) is 2.83. The maximum absolute atomic E-state index is 12.2. The van der Waals surface area contributed by atoms with Gasteiger partial charge >= 0.3 is 0 Å². The summed E-state index contributed by atoms with van der Waals surface area (Å²) in [6.45, 7) is 6.62. The molecule has 0 aliphatic carbocycles. The summed E-state index contributed by atoms with van der Waals surface area (Å²) in [5.74, 6) is 0.385. The molecule has 2 rings (SSSR count). The molecule has 6 nitrogen and oxygen atoms in total.